The van der Waals surface area contributed by atoms with Crippen molar-refractivity contribution in [3.8, 4) is 11.5 Å². The predicted molar refractivity (Wildman–Crippen MR) is 86.1 cm³/mol. The van der Waals surface area contributed by atoms with Gasteiger partial charge in [-0.15, -0.1) is 0 Å². The highest BCUT2D eigenvalue weighted by atomic mass is 16.8. The number of benzene rings is 1. The summed E-state index contributed by atoms with van der Waals surface area (Å²) in [5, 5.41) is 20.6. The van der Waals surface area contributed by atoms with E-state index in [1.807, 2.05) is 0 Å². The largest absolute Gasteiger partial charge is 0.477 e. The number of hydrogen-bond acceptors (Lipinski definition) is 7. The van der Waals surface area contributed by atoms with Gasteiger partial charge in [-0.2, -0.15) is 0 Å². The molecule has 0 bridgehead atoms. The Kier molecular flexibility index (Phi) is 4.92. The summed E-state index contributed by atoms with van der Waals surface area (Å²) in [4.78, 5) is 22.0. The van der Waals surface area contributed by atoms with Crippen molar-refractivity contribution in [3.63, 3.8) is 0 Å². The molecule has 1 aromatic carbocycles. The Morgan fingerprint density at radius 1 is 1.24 bits per heavy atom. The van der Waals surface area contributed by atoms with Gasteiger partial charge in [-0.05, 0) is 20.8 Å². The Labute approximate surface area is 144 Å². The highest BCUT2D eigenvalue weighted by molar-refractivity contribution is 5.95. The Bertz CT molecular complexity index is 719. The van der Waals surface area contributed by atoms with Crippen molar-refractivity contribution in [2.75, 3.05) is 13.2 Å². The molecule has 1 N–H and O–H groups in total. The van der Waals surface area contributed by atoms with E-state index >= 15 is 0 Å². The summed E-state index contributed by atoms with van der Waals surface area (Å²) in [5.41, 5.74) is -0.946. The number of rotatable bonds is 6. The van der Waals surface area contributed by atoms with E-state index in [0.29, 0.717) is 0 Å². The lowest BCUT2D eigenvalue weighted by atomic mass is 10.0. The first-order chi connectivity index (χ1) is 11.6. The number of carboxylic acid groups (broad SMARTS) is 1. The van der Waals surface area contributed by atoms with Crippen molar-refractivity contribution in [1.82, 2.24) is 0 Å². The fraction of sp³-hybridized carbons (Fsp3) is 0.562. The third-order valence-corrected chi connectivity index (χ3v) is 4.14. The van der Waals surface area contributed by atoms with Crippen LogP contribution in [0.5, 0.6) is 11.5 Å². The van der Waals surface area contributed by atoms with Crippen molar-refractivity contribution in [2.45, 2.75) is 46.2 Å². The van der Waals surface area contributed by atoms with Gasteiger partial charge in [-0.25, -0.2) is 4.79 Å². The van der Waals surface area contributed by atoms with Crippen LogP contribution in [0.4, 0.5) is 5.69 Å². The monoisotopic (exact) mass is 355 g/mol. The van der Waals surface area contributed by atoms with Gasteiger partial charge in [-0.3, -0.25) is 10.1 Å². The quantitative estimate of drug-likeness (QED) is 0.611. The number of hydrogen-bond donors (Lipinski definition) is 1. The van der Waals surface area contributed by atoms with E-state index in [0.717, 1.165) is 6.07 Å². The smallest absolute Gasteiger partial charge is 0.343 e. The molecule has 0 amide bonds. The van der Waals surface area contributed by atoms with Crippen molar-refractivity contribution in [1.29, 1.82) is 0 Å². The molecule has 0 fully saturated rings. The molecule has 1 aliphatic rings. The predicted octanol–water partition coefficient (Wildman–Crippen LogP) is 2.88. The fourth-order valence-corrected chi connectivity index (χ4v) is 2.83. The van der Waals surface area contributed by atoms with Crippen molar-refractivity contribution < 1.29 is 33.8 Å². The zero-order valence-electron chi connectivity index (χ0n) is 14.7. The molecule has 9 nitrogen and oxygen atoms in total. The molecular formula is C16H21NO8. The minimum atomic E-state index is -1.42. The summed E-state index contributed by atoms with van der Waals surface area (Å²) in [5.74, 6) is -4.07. The van der Waals surface area contributed by atoms with Crippen molar-refractivity contribution in [2.24, 2.45) is 0 Å². The molecule has 0 saturated heterocycles. The lowest BCUT2D eigenvalue weighted by molar-refractivity contribution is -0.386. The Morgan fingerprint density at radius 2 is 1.76 bits per heavy atom. The molecule has 9 heteroatoms. The molecule has 0 radical (unpaired) electrons. The van der Waals surface area contributed by atoms with Gasteiger partial charge in [-0.1, -0.05) is 0 Å². The van der Waals surface area contributed by atoms with E-state index in [1.54, 1.807) is 27.7 Å². The molecule has 0 aromatic heterocycles. The third-order valence-electron chi connectivity index (χ3n) is 4.14. The van der Waals surface area contributed by atoms with Crippen LogP contribution >= 0.6 is 0 Å². The molecule has 1 heterocycles. The van der Waals surface area contributed by atoms with Crippen LogP contribution < -0.4 is 9.47 Å². The van der Waals surface area contributed by atoms with Gasteiger partial charge in [0.05, 0.1) is 11.0 Å². The maximum atomic E-state index is 11.5. The van der Waals surface area contributed by atoms with Gasteiger partial charge in [0.2, 0.25) is 0 Å². The van der Waals surface area contributed by atoms with Gasteiger partial charge in [0.15, 0.2) is 11.5 Å². The zero-order chi connectivity index (χ0) is 19.0. The second kappa shape index (κ2) is 6.49. The number of carboxylic acids is 1. The van der Waals surface area contributed by atoms with Crippen LogP contribution in [0.3, 0.4) is 0 Å². The molecular weight excluding hydrogens is 334 g/mol. The zero-order valence-corrected chi connectivity index (χ0v) is 14.7. The molecule has 2 unspecified atom stereocenters. The summed E-state index contributed by atoms with van der Waals surface area (Å²) >= 11 is 0. The van der Waals surface area contributed by atoms with Crippen LogP contribution in [0.2, 0.25) is 0 Å². The number of nitrogens with zero attached hydrogens (tertiary/aromatic N) is 1. The Morgan fingerprint density at radius 3 is 2.20 bits per heavy atom. The number of aromatic carboxylic acids is 1. The van der Waals surface area contributed by atoms with Crippen LogP contribution in [0, 0.1) is 17.0 Å². The maximum absolute atomic E-state index is 11.5. The molecule has 138 valence electrons. The lowest BCUT2D eigenvalue weighted by Crippen LogP contribution is -2.63. The van der Waals surface area contributed by atoms with E-state index < -0.39 is 33.7 Å². The topological polar surface area (TPSA) is 117 Å². The first-order valence-electron chi connectivity index (χ1n) is 7.81. The van der Waals surface area contributed by atoms with Gasteiger partial charge < -0.3 is 24.1 Å². The minimum Gasteiger partial charge on any atom is -0.477 e. The number of fused-ring (bicyclic) bond motifs is 1. The average molecular weight is 355 g/mol. The fourth-order valence-electron chi connectivity index (χ4n) is 2.83. The number of carbonyl (C=O) groups is 1. The second-order valence-electron chi connectivity index (χ2n) is 5.75. The summed E-state index contributed by atoms with van der Waals surface area (Å²) in [6, 6.07) is 1.04. The molecule has 0 saturated carbocycles. The Balaban J connectivity index is 2.70. The molecule has 1 aliphatic heterocycles. The van der Waals surface area contributed by atoms with Gasteiger partial charge in [0, 0.05) is 32.6 Å². The van der Waals surface area contributed by atoms with Gasteiger partial charge in [0.1, 0.15) is 5.56 Å². The summed E-state index contributed by atoms with van der Waals surface area (Å²) < 4.78 is 23.1. The highest BCUT2D eigenvalue weighted by Gasteiger charge is 2.56. The molecule has 2 atom stereocenters. The van der Waals surface area contributed by atoms with Gasteiger partial charge >= 0.3 is 5.97 Å². The standard InChI is InChI=1S/C16H21NO8/c1-6-22-15(4)16(5,23-7-2)25-13-9(3)12(14(18)19)10(17(20)21)8-11(13)24-15/h8H,6-7H2,1-5H3,(H,18,19). The number of ether oxygens (including phenoxy) is 4. The first kappa shape index (κ1) is 18.9. The van der Waals surface area contributed by atoms with Crippen LogP contribution in [-0.4, -0.2) is 40.8 Å². The lowest BCUT2D eigenvalue weighted by Gasteiger charge is -2.47. The molecule has 2 rings (SSSR count). The van der Waals surface area contributed by atoms with Gasteiger partial charge in [0.25, 0.3) is 17.3 Å². The average Bonchev–Trinajstić information content (AvgIpc) is 2.49. The number of nitro benzene ring substituents is 1. The highest BCUT2D eigenvalue weighted by Crippen LogP contribution is 2.49. The normalized spacial score (nSPS) is 24.8. The van der Waals surface area contributed by atoms with Crippen LogP contribution in [0.15, 0.2) is 6.07 Å². The van der Waals surface area contributed by atoms with Crippen molar-refractivity contribution in [3.05, 3.63) is 27.3 Å². The van der Waals surface area contributed by atoms with Crippen LogP contribution in [0.25, 0.3) is 0 Å². The summed E-state index contributed by atoms with van der Waals surface area (Å²) in [7, 11) is 0. The molecule has 0 spiro atoms. The van der Waals surface area contributed by atoms with Crippen LogP contribution in [0.1, 0.15) is 43.6 Å². The third kappa shape index (κ3) is 3.00. The minimum absolute atomic E-state index is 0.0299. The maximum Gasteiger partial charge on any atom is 0.343 e. The van der Waals surface area contributed by atoms with Crippen LogP contribution in [-0.2, 0) is 9.47 Å². The summed E-state index contributed by atoms with van der Waals surface area (Å²) in [6.07, 6.45) is 0. The second-order valence-corrected chi connectivity index (χ2v) is 5.75. The summed E-state index contributed by atoms with van der Waals surface area (Å²) in [6.45, 7) is 8.73. The molecule has 1 aromatic rings. The molecule has 0 aliphatic carbocycles. The van der Waals surface area contributed by atoms with Crippen molar-refractivity contribution >= 4 is 11.7 Å². The van der Waals surface area contributed by atoms with E-state index in [4.69, 9.17) is 18.9 Å². The van der Waals surface area contributed by atoms with E-state index in [1.165, 1.54) is 6.92 Å². The van der Waals surface area contributed by atoms with E-state index in [-0.39, 0.29) is 30.3 Å². The first-order valence-corrected chi connectivity index (χ1v) is 7.81. The Hall–Kier alpha value is -2.39. The number of nitro groups is 1. The molecule has 25 heavy (non-hydrogen) atoms. The SMILES string of the molecule is CCOC1(C)Oc2cc([N+](=O)[O-])c(C(=O)O)c(C)c2OC1(C)OCC. The van der Waals surface area contributed by atoms with E-state index in [9.17, 15) is 20.0 Å². The van der Waals surface area contributed by atoms with E-state index in [2.05, 4.69) is 0 Å².